The lowest BCUT2D eigenvalue weighted by atomic mass is 9.73. The highest BCUT2D eigenvalue weighted by molar-refractivity contribution is 6.00. The molecule has 6 rings (SSSR count). The van der Waals surface area contributed by atoms with Crippen molar-refractivity contribution in [2.75, 3.05) is 39.3 Å². The van der Waals surface area contributed by atoms with Gasteiger partial charge in [-0.25, -0.2) is 0 Å². The molecule has 1 fully saturated rings. The van der Waals surface area contributed by atoms with E-state index >= 15 is 0 Å². The third-order valence-corrected chi connectivity index (χ3v) is 9.07. The Balaban J connectivity index is 1.06. The highest BCUT2D eigenvalue weighted by atomic mass is 19.4. The quantitative estimate of drug-likeness (QED) is 0.229. The average molecular weight is 600 g/mol. The second-order valence-corrected chi connectivity index (χ2v) is 11.8. The molecule has 1 N–H and O–H groups in total. The highest BCUT2D eigenvalue weighted by Gasteiger charge is 2.49. The van der Waals surface area contributed by atoms with Crippen LogP contribution in [0.25, 0.3) is 21.9 Å². The molecule has 4 aromatic rings. The maximum absolute atomic E-state index is 13.7. The molecule has 2 aliphatic rings. The largest absolute Gasteiger partial charge is 0.405 e. The standard InChI is InChI=1S/C36H36F3N3O2/c37-36(38,39)25-40-34(44)35(31-13-5-3-11-29(31)30-12-4-6-14-32(30)35)17-7-8-18-41-19-21-42(22-20-41)33(43)24-26-15-16-27-9-1-2-10-28(27)23-26/h1-6,9-16,23H,7-8,17-22,24-25H2,(H,40,44). The third-order valence-electron chi connectivity index (χ3n) is 9.07. The molecule has 1 aliphatic carbocycles. The molecule has 44 heavy (non-hydrogen) atoms. The van der Waals surface area contributed by atoms with E-state index in [0.717, 1.165) is 64.6 Å². The van der Waals surface area contributed by atoms with Crippen LogP contribution in [0.4, 0.5) is 13.2 Å². The Labute approximate surface area is 255 Å². The molecule has 0 unspecified atom stereocenters. The topological polar surface area (TPSA) is 52.7 Å². The van der Waals surface area contributed by atoms with Crippen molar-refractivity contribution in [3.05, 3.63) is 108 Å². The van der Waals surface area contributed by atoms with Gasteiger partial charge in [-0.05, 0) is 58.0 Å². The van der Waals surface area contributed by atoms with Gasteiger partial charge in [-0.15, -0.1) is 0 Å². The van der Waals surface area contributed by atoms with E-state index < -0.39 is 24.0 Å². The molecule has 1 saturated heterocycles. The molecule has 5 nitrogen and oxygen atoms in total. The van der Waals surface area contributed by atoms with E-state index in [2.05, 4.69) is 34.5 Å². The van der Waals surface area contributed by atoms with E-state index in [4.69, 9.17) is 0 Å². The number of nitrogens with one attached hydrogen (secondary N) is 1. The van der Waals surface area contributed by atoms with Gasteiger partial charge < -0.3 is 10.2 Å². The molecular formula is C36H36F3N3O2. The van der Waals surface area contributed by atoms with Gasteiger partial charge in [0.2, 0.25) is 11.8 Å². The normalized spacial score (nSPS) is 16.0. The Bertz CT molecular complexity index is 1610. The molecule has 0 aromatic heterocycles. The molecule has 0 atom stereocenters. The summed E-state index contributed by atoms with van der Waals surface area (Å²) in [6.07, 6.45) is -2.23. The van der Waals surface area contributed by atoms with Gasteiger partial charge in [0.1, 0.15) is 12.0 Å². The molecule has 2 amide bonds. The fourth-order valence-corrected chi connectivity index (χ4v) is 6.87. The summed E-state index contributed by atoms with van der Waals surface area (Å²) >= 11 is 0. The van der Waals surface area contributed by atoms with Gasteiger partial charge in [-0.2, -0.15) is 13.2 Å². The Hall–Kier alpha value is -4.17. The molecule has 4 aromatic carbocycles. The average Bonchev–Trinajstić information content (AvgIpc) is 3.32. The van der Waals surface area contributed by atoms with Crippen molar-refractivity contribution in [1.29, 1.82) is 0 Å². The second-order valence-electron chi connectivity index (χ2n) is 11.8. The van der Waals surface area contributed by atoms with Gasteiger partial charge in [0.05, 0.1) is 6.42 Å². The fourth-order valence-electron chi connectivity index (χ4n) is 6.87. The van der Waals surface area contributed by atoms with Crippen LogP contribution in [-0.2, 0) is 21.4 Å². The van der Waals surface area contributed by atoms with Crippen LogP contribution in [-0.4, -0.2) is 67.1 Å². The summed E-state index contributed by atoms with van der Waals surface area (Å²) in [5.74, 6) is -0.476. The van der Waals surface area contributed by atoms with E-state index in [1.165, 1.54) is 0 Å². The number of unbranched alkanes of at least 4 members (excludes halogenated alkanes) is 1. The zero-order valence-corrected chi connectivity index (χ0v) is 24.6. The van der Waals surface area contributed by atoms with Crippen molar-refractivity contribution in [3.8, 4) is 11.1 Å². The number of piperazine rings is 1. The van der Waals surface area contributed by atoms with E-state index in [1.807, 2.05) is 71.6 Å². The van der Waals surface area contributed by atoms with E-state index in [9.17, 15) is 22.8 Å². The molecule has 8 heteroatoms. The smallest absolute Gasteiger partial charge is 0.346 e. The minimum Gasteiger partial charge on any atom is -0.346 e. The molecule has 228 valence electrons. The predicted molar refractivity (Wildman–Crippen MR) is 166 cm³/mol. The lowest BCUT2D eigenvalue weighted by Gasteiger charge is -2.35. The summed E-state index contributed by atoms with van der Waals surface area (Å²) in [6, 6.07) is 29.4. The van der Waals surface area contributed by atoms with Crippen molar-refractivity contribution in [2.24, 2.45) is 0 Å². The number of fused-ring (bicyclic) bond motifs is 4. The van der Waals surface area contributed by atoms with Crippen LogP contribution in [0.5, 0.6) is 0 Å². The minimum atomic E-state index is -4.49. The van der Waals surface area contributed by atoms with Crippen molar-refractivity contribution in [3.63, 3.8) is 0 Å². The number of nitrogens with zero attached hydrogens (tertiary/aromatic N) is 2. The van der Waals surface area contributed by atoms with Crippen LogP contribution in [0.15, 0.2) is 91.0 Å². The molecule has 0 spiro atoms. The van der Waals surface area contributed by atoms with Crippen LogP contribution in [0.2, 0.25) is 0 Å². The Morgan fingerprint density at radius 3 is 2.02 bits per heavy atom. The van der Waals surface area contributed by atoms with Crippen LogP contribution in [0.3, 0.4) is 0 Å². The molecule has 0 bridgehead atoms. The van der Waals surface area contributed by atoms with Gasteiger partial charge >= 0.3 is 6.18 Å². The number of alkyl halides is 3. The summed E-state index contributed by atoms with van der Waals surface area (Å²) < 4.78 is 39.4. The summed E-state index contributed by atoms with van der Waals surface area (Å²) in [4.78, 5) is 31.0. The van der Waals surface area contributed by atoms with Crippen LogP contribution in [0.1, 0.15) is 36.0 Å². The Morgan fingerprint density at radius 2 is 1.36 bits per heavy atom. The Kier molecular flexibility index (Phi) is 8.45. The zero-order chi connectivity index (χ0) is 30.7. The van der Waals surface area contributed by atoms with E-state index in [-0.39, 0.29) is 5.91 Å². The number of halogens is 3. The van der Waals surface area contributed by atoms with Crippen LogP contribution in [0, 0.1) is 0 Å². The van der Waals surface area contributed by atoms with Crippen molar-refractivity contribution in [2.45, 2.75) is 37.3 Å². The van der Waals surface area contributed by atoms with Gasteiger partial charge in [0.15, 0.2) is 0 Å². The third kappa shape index (κ3) is 6.09. The van der Waals surface area contributed by atoms with E-state index in [1.54, 1.807) is 0 Å². The number of hydrogen-bond acceptors (Lipinski definition) is 3. The lowest BCUT2D eigenvalue weighted by Crippen LogP contribution is -2.49. The van der Waals surface area contributed by atoms with Gasteiger partial charge in [0, 0.05) is 26.2 Å². The maximum Gasteiger partial charge on any atom is 0.405 e. The van der Waals surface area contributed by atoms with E-state index in [0.29, 0.717) is 32.4 Å². The zero-order valence-electron chi connectivity index (χ0n) is 24.6. The first-order chi connectivity index (χ1) is 21.2. The molecular weight excluding hydrogens is 563 g/mol. The van der Waals surface area contributed by atoms with Gasteiger partial charge in [-0.3, -0.25) is 14.5 Å². The van der Waals surface area contributed by atoms with Crippen LogP contribution < -0.4 is 5.32 Å². The Morgan fingerprint density at radius 1 is 0.750 bits per heavy atom. The minimum absolute atomic E-state index is 0.130. The number of benzene rings is 4. The predicted octanol–water partition coefficient (Wildman–Crippen LogP) is 6.34. The number of amides is 2. The molecule has 1 heterocycles. The summed E-state index contributed by atoms with van der Waals surface area (Å²) in [5, 5.41) is 4.50. The SMILES string of the molecule is O=C(Cc1ccc2ccccc2c1)N1CCN(CCCCC2(C(=O)NCC(F)(F)F)c3ccccc3-c3ccccc32)CC1. The fraction of sp³-hybridized carbons (Fsp3) is 0.333. The maximum atomic E-state index is 13.7. The molecule has 0 radical (unpaired) electrons. The van der Waals surface area contributed by atoms with Gasteiger partial charge in [0.25, 0.3) is 0 Å². The highest BCUT2D eigenvalue weighted by Crippen LogP contribution is 2.51. The van der Waals surface area contributed by atoms with Crippen molar-refractivity contribution < 1.29 is 22.8 Å². The lowest BCUT2D eigenvalue weighted by molar-refractivity contribution is -0.141. The first kappa shape index (κ1) is 29.9. The number of carbonyl (C=O) groups excluding carboxylic acids is 2. The monoisotopic (exact) mass is 599 g/mol. The van der Waals surface area contributed by atoms with Gasteiger partial charge in [-0.1, -0.05) is 97.4 Å². The number of hydrogen-bond donors (Lipinski definition) is 1. The van der Waals surface area contributed by atoms with Crippen molar-refractivity contribution >= 4 is 22.6 Å². The number of rotatable bonds is 9. The first-order valence-corrected chi connectivity index (χ1v) is 15.3. The molecule has 0 saturated carbocycles. The van der Waals surface area contributed by atoms with Crippen LogP contribution >= 0.6 is 0 Å². The van der Waals surface area contributed by atoms with Crippen molar-refractivity contribution in [1.82, 2.24) is 15.1 Å². The summed E-state index contributed by atoms with van der Waals surface area (Å²) in [5.41, 5.74) is 3.16. The summed E-state index contributed by atoms with van der Waals surface area (Å²) in [6.45, 7) is 2.31. The summed E-state index contributed by atoms with van der Waals surface area (Å²) in [7, 11) is 0. The number of carbonyl (C=O) groups is 2. The first-order valence-electron chi connectivity index (χ1n) is 15.3. The second kappa shape index (κ2) is 12.4. The molecule has 1 aliphatic heterocycles.